The van der Waals surface area contributed by atoms with E-state index in [1.807, 2.05) is 12.4 Å². The van der Waals surface area contributed by atoms with Gasteiger partial charge >= 0.3 is 0 Å². The number of aromatic nitrogens is 1. The fraction of sp³-hybridized carbons (Fsp3) is 0.667. The topological polar surface area (TPSA) is 28.2 Å². The molecule has 100 valence electrons. The minimum atomic E-state index is 0.678. The van der Waals surface area contributed by atoms with Gasteiger partial charge in [-0.3, -0.25) is 4.98 Å². The van der Waals surface area contributed by atoms with E-state index in [0.29, 0.717) is 6.04 Å². The van der Waals surface area contributed by atoms with E-state index in [1.165, 1.54) is 24.8 Å². The summed E-state index contributed by atoms with van der Waals surface area (Å²) in [5, 5.41) is 3.69. The number of hydrogen-bond acceptors (Lipinski definition) is 3. The van der Waals surface area contributed by atoms with Crippen molar-refractivity contribution in [3.05, 3.63) is 30.1 Å². The van der Waals surface area contributed by atoms with Crippen LogP contribution in [0.25, 0.3) is 0 Å². The highest BCUT2D eigenvalue weighted by Gasteiger charge is 2.31. The molecule has 0 saturated heterocycles. The molecule has 0 radical (unpaired) electrons. The smallest absolute Gasteiger partial charge is 0.0271 e. The Kier molecular flexibility index (Phi) is 5.14. The van der Waals surface area contributed by atoms with Crippen LogP contribution in [0.15, 0.2) is 24.5 Å². The Morgan fingerprint density at radius 2 is 2.11 bits per heavy atom. The van der Waals surface area contributed by atoms with Crippen molar-refractivity contribution >= 4 is 0 Å². The van der Waals surface area contributed by atoms with Crippen LogP contribution in [-0.2, 0) is 6.54 Å². The first-order chi connectivity index (χ1) is 8.79. The average Bonchev–Trinajstić information content (AvgIpc) is 3.20. The van der Waals surface area contributed by atoms with E-state index in [4.69, 9.17) is 0 Å². The molecule has 1 saturated carbocycles. The molecule has 2 rings (SSSR count). The largest absolute Gasteiger partial charge is 0.312 e. The van der Waals surface area contributed by atoms with E-state index in [-0.39, 0.29) is 0 Å². The Morgan fingerprint density at radius 3 is 2.72 bits per heavy atom. The molecule has 0 spiro atoms. The van der Waals surface area contributed by atoms with Gasteiger partial charge in [-0.05, 0) is 56.5 Å². The third-order valence-electron chi connectivity index (χ3n) is 3.56. The van der Waals surface area contributed by atoms with Gasteiger partial charge in [-0.25, -0.2) is 0 Å². The van der Waals surface area contributed by atoms with Crippen LogP contribution in [0.5, 0.6) is 0 Å². The molecule has 1 aromatic heterocycles. The SMILES string of the molecule is CCCNC(CN(C)Cc1ccncc1)C1CC1. The molecule has 1 atom stereocenters. The van der Waals surface area contributed by atoms with E-state index >= 15 is 0 Å². The molecular weight excluding hydrogens is 222 g/mol. The van der Waals surface area contributed by atoms with Crippen LogP contribution in [0.3, 0.4) is 0 Å². The lowest BCUT2D eigenvalue weighted by Gasteiger charge is -2.25. The summed E-state index contributed by atoms with van der Waals surface area (Å²) in [5.74, 6) is 0.913. The second kappa shape index (κ2) is 6.86. The van der Waals surface area contributed by atoms with Crippen LogP contribution in [0, 0.1) is 5.92 Å². The minimum Gasteiger partial charge on any atom is -0.312 e. The van der Waals surface area contributed by atoms with Gasteiger partial charge in [0.2, 0.25) is 0 Å². The molecule has 3 heteroatoms. The van der Waals surface area contributed by atoms with Crippen molar-refractivity contribution < 1.29 is 0 Å². The van der Waals surface area contributed by atoms with Gasteiger partial charge in [-0.1, -0.05) is 6.92 Å². The van der Waals surface area contributed by atoms with Gasteiger partial charge < -0.3 is 10.2 Å². The summed E-state index contributed by atoms with van der Waals surface area (Å²) in [6, 6.07) is 4.88. The molecule has 0 aliphatic heterocycles. The molecule has 0 amide bonds. The molecule has 1 aliphatic carbocycles. The summed E-state index contributed by atoms with van der Waals surface area (Å²) in [7, 11) is 2.21. The quantitative estimate of drug-likeness (QED) is 0.764. The van der Waals surface area contributed by atoms with Crippen molar-refractivity contribution in [2.24, 2.45) is 5.92 Å². The summed E-state index contributed by atoms with van der Waals surface area (Å²) in [6.07, 6.45) is 7.78. The number of likely N-dealkylation sites (N-methyl/N-ethyl adjacent to an activating group) is 1. The Balaban J connectivity index is 1.79. The first-order valence-corrected chi connectivity index (χ1v) is 7.10. The fourth-order valence-corrected chi connectivity index (χ4v) is 2.41. The zero-order valence-electron chi connectivity index (χ0n) is 11.6. The van der Waals surface area contributed by atoms with Crippen molar-refractivity contribution in [1.82, 2.24) is 15.2 Å². The fourth-order valence-electron chi connectivity index (χ4n) is 2.41. The summed E-state index contributed by atoms with van der Waals surface area (Å²) >= 11 is 0. The first kappa shape index (κ1) is 13.5. The van der Waals surface area contributed by atoms with Crippen LogP contribution in [0.2, 0.25) is 0 Å². The number of nitrogens with one attached hydrogen (secondary N) is 1. The normalized spacial score (nSPS) is 17.1. The van der Waals surface area contributed by atoms with Crippen LogP contribution >= 0.6 is 0 Å². The highest BCUT2D eigenvalue weighted by Crippen LogP contribution is 2.33. The second-order valence-corrected chi connectivity index (χ2v) is 5.45. The predicted octanol–water partition coefficient (Wildman–Crippen LogP) is 2.29. The van der Waals surface area contributed by atoms with Gasteiger partial charge in [0.15, 0.2) is 0 Å². The van der Waals surface area contributed by atoms with Gasteiger partial charge in [0.25, 0.3) is 0 Å². The van der Waals surface area contributed by atoms with E-state index < -0.39 is 0 Å². The third kappa shape index (κ3) is 4.39. The molecule has 3 nitrogen and oxygen atoms in total. The van der Waals surface area contributed by atoms with Crippen molar-refractivity contribution in [2.75, 3.05) is 20.1 Å². The predicted molar refractivity (Wildman–Crippen MR) is 75.4 cm³/mol. The van der Waals surface area contributed by atoms with Gasteiger partial charge in [-0.15, -0.1) is 0 Å². The van der Waals surface area contributed by atoms with Crippen molar-refractivity contribution in [3.8, 4) is 0 Å². The van der Waals surface area contributed by atoms with E-state index in [0.717, 1.165) is 25.6 Å². The molecule has 1 fully saturated rings. The van der Waals surface area contributed by atoms with Crippen LogP contribution in [0.4, 0.5) is 0 Å². The highest BCUT2D eigenvalue weighted by molar-refractivity contribution is 5.09. The maximum absolute atomic E-state index is 4.06. The summed E-state index contributed by atoms with van der Waals surface area (Å²) in [4.78, 5) is 6.48. The molecule has 1 unspecified atom stereocenters. The number of pyridine rings is 1. The van der Waals surface area contributed by atoms with Crippen molar-refractivity contribution in [1.29, 1.82) is 0 Å². The van der Waals surface area contributed by atoms with Crippen LogP contribution < -0.4 is 5.32 Å². The third-order valence-corrected chi connectivity index (χ3v) is 3.56. The summed E-state index contributed by atoms with van der Waals surface area (Å²) in [5.41, 5.74) is 1.34. The standard InChI is InChI=1S/C15H25N3/c1-3-8-17-15(14-4-5-14)12-18(2)11-13-6-9-16-10-7-13/h6-7,9-10,14-15,17H,3-5,8,11-12H2,1-2H3. The lowest BCUT2D eigenvalue weighted by Crippen LogP contribution is -2.41. The Bertz CT molecular complexity index is 335. The highest BCUT2D eigenvalue weighted by atomic mass is 15.1. The molecule has 0 aromatic carbocycles. The molecular formula is C15H25N3. The van der Waals surface area contributed by atoms with E-state index in [2.05, 4.69) is 41.3 Å². The Morgan fingerprint density at radius 1 is 1.39 bits per heavy atom. The summed E-state index contributed by atoms with van der Waals surface area (Å²) in [6.45, 7) is 5.54. The Hall–Kier alpha value is -0.930. The van der Waals surface area contributed by atoms with Crippen molar-refractivity contribution in [3.63, 3.8) is 0 Å². The zero-order chi connectivity index (χ0) is 12.8. The molecule has 1 N–H and O–H groups in total. The maximum Gasteiger partial charge on any atom is 0.0271 e. The van der Waals surface area contributed by atoms with Gasteiger partial charge in [0, 0.05) is 31.5 Å². The lowest BCUT2D eigenvalue weighted by molar-refractivity contribution is 0.267. The molecule has 0 bridgehead atoms. The number of rotatable bonds is 8. The minimum absolute atomic E-state index is 0.678. The number of hydrogen-bond donors (Lipinski definition) is 1. The second-order valence-electron chi connectivity index (χ2n) is 5.45. The van der Waals surface area contributed by atoms with Crippen LogP contribution in [0.1, 0.15) is 31.7 Å². The van der Waals surface area contributed by atoms with E-state index in [9.17, 15) is 0 Å². The molecule has 1 aliphatic rings. The first-order valence-electron chi connectivity index (χ1n) is 7.10. The summed E-state index contributed by atoms with van der Waals surface area (Å²) < 4.78 is 0. The maximum atomic E-state index is 4.06. The Labute approximate surface area is 111 Å². The van der Waals surface area contributed by atoms with Gasteiger partial charge in [-0.2, -0.15) is 0 Å². The zero-order valence-corrected chi connectivity index (χ0v) is 11.6. The average molecular weight is 247 g/mol. The van der Waals surface area contributed by atoms with Gasteiger partial charge in [0.05, 0.1) is 0 Å². The van der Waals surface area contributed by atoms with E-state index in [1.54, 1.807) is 0 Å². The monoisotopic (exact) mass is 247 g/mol. The molecule has 1 heterocycles. The number of nitrogens with zero attached hydrogens (tertiary/aromatic N) is 2. The van der Waals surface area contributed by atoms with Gasteiger partial charge in [0.1, 0.15) is 0 Å². The lowest BCUT2D eigenvalue weighted by atomic mass is 10.1. The van der Waals surface area contributed by atoms with Crippen molar-refractivity contribution in [2.45, 2.75) is 38.8 Å². The van der Waals surface area contributed by atoms with Crippen LogP contribution in [-0.4, -0.2) is 36.1 Å². The molecule has 18 heavy (non-hydrogen) atoms. The molecule has 1 aromatic rings.